The molecule has 2 aromatic rings. The fourth-order valence-electron chi connectivity index (χ4n) is 2.40. The summed E-state index contributed by atoms with van der Waals surface area (Å²) in [5.74, 6) is 0.650. The molecule has 28 heavy (non-hydrogen) atoms. The molecule has 0 aromatic heterocycles. The summed E-state index contributed by atoms with van der Waals surface area (Å²) in [4.78, 5) is 16.4. The number of hydrogen-bond donors (Lipinski definition) is 5. The number of nitrogens with one attached hydrogen (secondary N) is 3. The summed E-state index contributed by atoms with van der Waals surface area (Å²) in [5.41, 5.74) is 14.2. The Morgan fingerprint density at radius 3 is 2.21 bits per heavy atom. The summed E-state index contributed by atoms with van der Waals surface area (Å²) in [6.07, 6.45) is 0. The molecule has 7 N–H and O–H groups in total. The normalized spacial score (nSPS) is 11.5. The molecule has 0 aliphatic heterocycles. The van der Waals surface area contributed by atoms with Crippen LogP contribution >= 0.6 is 0 Å². The second kappa shape index (κ2) is 9.72. The molecule has 0 fully saturated rings. The maximum atomic E-state index is 12.3. The molecule has 0 saturated heterocycles. The average Bonchev–Trinajstić information content (AvgIpc) is 2.68. The lowest BCUT2D eigenvalue weighted by Gasteiger charge is -2.10. The number of hydrogen-bond acceptors (Lipinski definition) is 4. The van der Waals surface area contributed by atoms with Crippen LogP contribution in [0.3, 0.4) is 0 Å². The number of nitrogens with zero attached hydrogens (tertiary/aromatic N) is 3. The lowest BCUT2D eigenvalue weighted by molar-refractivity contribution is 0.262. The Labute approximate surface area is 163 Å². The maximum Gasteiger partial charge on any atom is 0.323 e. The van der Waals surface area contributed by atoms with Gasteiger partial charge in [-0.05, 0) is 48.9 Å². The molecule has 0 atom stereocenters. The highest BCUT2D eigenvalue weighted by atomic mass is 16.2. The summed E-state index contributed by atoms with van der Waals surface area (Å²) in [6, 6.07) is 14.2. The number of guanidine groups is 1. The van der Waals surface area contributed by atoms with Crippen LogP contribution in [-0.4, -0.2) is 37.6 Å². The van der Waals surface area contributed by atoms with Crippen molar-refractivity contribution in [3.8, 4) is 0 Å². The van der Waals surface area contributed by atoms with Gasteiger partial charge in [0.1, 0.15) is 5.84 Å². The second-order valence-electron chi connectivity index (χ2n) is 5.77. The zero-order valence-electron chi connectivity index (χ0n) is 16.0. The molecule has 0 saturated carbocycles. The van der Waals surface area contributed by atoms with E-state index < -0.39 is 0 Å². The summed E-state index contributed by atoms with van der Waals surface area (Å²) >= 11 is 0. The first-order valence-electron chi connectivity index (χ1n) is 8.49. The quantitative estimate of drug-likeness (QED) is 0.307. The number of nitrogens with two attached hydrogens (primary N) is 2. The molecule has 146 valence electrons. The first kappa shape index (κ1) is 20.4. The van der Waals surface area contributed by atoms with Gasteiger partial charge in [-0.3, -0.25) is 4.99 Å². The van der Waals surface area contributed by atoms with E-state index in [-0.39, 0.29) is 12.0 Å². The van der Waals surface area contributed by atoms with Crippen LogP contribution in [0.4, 0.5) is 16.2 Å². The van der Waals surface area contributed by atoms with E-state index in [2.05, 4.69) is 31.1 Å². The first-order chi connectivity index (χ1) is 13.4. The fraction of sp³-hybridized carbons (Fsp3) is 0.158. The summed E-state index contributed by atoms with van der Waals surface area (Å²) < 4.78 is 0. The molecule has 2 rings (SSSR count). The largest absolute Gasteiger partial charge is 0.373 e. The van der Waals surface area contributed by atoms with Gasteiger partial charge >= 0.3 is 6.03 Å². The lowest BCUT2D eigenvalue weighted by Crippen LogP contribution is -2.22. The van der Waals surface area contributed by atoms with Crippen LogP contribution in [0, 0.1) is 0 Å². The minimum absolute atomic E-state index is 0.119. The predicted molar refractivity (Wildman–Crippen MR) is 115 cm³/mol. The molecule has 9 heteroatoms. The van der Waals surface area contributed by atoms with Crippen LogP contribution < -0.4 is 27.4 Å². The second-order valence-corrected chi connectivity index (χ2v) is 5.77. The Kier molecular flexibility index (Phi) is 7.09. The van der Waals surface area contributed by atoms with E-state index in [0.29, 0.717) is 17.1 Å². The van der Waals surface area contributed by atoms with Crippen LogP contribution in [-0.2, 0) is 0 Å². The van der Waals surface area contributed by atoms with Gasteiger partial charge in [-0.2, -0.15) is 5.10 Å². The van der Waals surface area contributed by atoms with E-state index in [1.807, 2.05) is 18.2 Å². The Hall–Kier alpha value is -3.88. The number of benzene rings is 2. The van der Waals surface area contributed by atoms with Crippen molar-refractivity contribution in [1.82, 2.24) is 5.32 Å². The molecule has 2 aromatic carbocycles. The smallest absolute Gasteiger partial charge is 0.323 e. The van der Waals surface area contributed by atoms with Crippen LogP contribution in [0.2, 0.25) is 0 Å². The first-order valence-corrected chi connectivity index (χ1v) is 8.49. The number of amidine groups is 1. The molecule has 0 heterocycles. The molecule has 0 bridgehead atoms. The number of rotatable bonds is 5. The molecule has 0 unspecified atom stereocenters. The standard InChI is InChI=1S/C19H24N8O/c1-12(26-27-18(20)21)14-5-4-6-16(11-14)25-19(28)24-15-9-7-13(8-10-15)17(22-2)23-3/h4-11H,1-3H3,(H,22,23)(H4,20,21,27)(H2,24,25,28)/b26-12-. The topological polar surface area (TPSA) is 142 Å². The van der Waals surface area contributed by atoms with Gasteiger partial charge < -0.3 is 27.4 Å². The van der Waals surface area contributed by atoms with Crippen molar-refractivity contribution in [1.29, 1.82) is 0 Å². The van der Waals surface area contributed by atoms with Crippen molar-refractivity contribution < 1.29 is 4.79 Å². The van der Waals surface area contributed by atoms with E-state index in [9.17, 15) is 4.79 Å². The number of urea groups is 1. The highest BCUT2D eigenvalue weighted by Gasteiger charge is 2.06. The van der Waals surface area contributed by atoms with E-state index in [0.717, 1.165) is 17.0 Å². The number of carbonyl (C=O) groups is 1. The van der Waals surface area contributed by atoms with Crippen LogP contribution in [0.25, 0.3) is 0 Å². The average molecular weight is 380 g/mol. The summed E-state index contributed by atoms with van der Waals surface area (Å²) in [7, 11) is 3.52. The molecule has 0 aliphatic rings. The van der Waals surface area contributed by atoms with Crippen molar-refractivity contribution in [2.45, 2.75) is 6.92 Å². The minimum atomic E-state index is -0.360. The van der Waals surface area contributed by atoms with E-state index in [1.54, 1.807) is 51.4 Å². The number of carbonyl (C=O) groups excluding carboxylic acids is 1. The van der Waals surface area contributed by atoms with Crippen molar-refractivity contribution in [2.75, 3.05) is 24.7 Å². The van der Waals surface area contributed by atoms with Crippen molar-refractivity contribution in [3.63, 3.8) is 0 Å². The molecule has 0 aliphatic carbocycles. The summed E-state index contributed by atoms with van der Waals surface area (Å²) in [6.45, 7) is 1.77. The number of amides is 2. The third kappa shape index (κ3) is 5.84. The number of anilines is 2. The van der Waals surface area contributed by atoms with E-state index in [4.69, 9.17) is 11.5 Å². The molecule has 0 radical (unpaired) electrons. The maximum absolute atomic E-state index is 12.3. The van der Waals surface area contributed by atoms with Gasteiger partial charge in [0.05, 0.1) is 5.71 Å². The molecule has 2 amide bonds. The minimum Gasteiger partial charge on any atom is -0.373 e. The third-order valence-electron chi connectivity index (χ3n) is 3.73. The Morgan fingerprint density at radius 2 is 1.61 bits per heavy atom. The Bertz CT molecular complexity index is 912. The monoisotopic (exact) mass is 380 g/mol. The number of aliphatic imine (C=N–C) groups is 1. The van der Waals surface area contributed by atoms with Crippen LogP contribution in [0.15, 0.2) is 63.7 Å². The van der Waals surface area contributed by atoms with Crippen molar-refractivity contribution in [3.05, 3.63) is 59.7 Å². The van der Waals surface area contributed by atoms with Gasteiger partial charge in [-0.15, -0.1) is 5.10 Å². The fourth-order valence-corrected chi connectivity index (χ4v) is 2.40. The van der Waals surface area contributed by atoms with Gasteiger partial charge in [-0.25, -0.2) is 4.79 Å². The van der Waals surface area contributed by atoms with Gasteiger partial charge in [0.25, 0.3) is 0 Å². The SMILES string of the molecule is CN=C(NC)c1ccc(NC(=O)Nc2cccc(/C(C)=N\N=C(N)N)c2)cc1. The molecular formula is C19H24N8O. The van der Waals surface area contributed by atoms with Gasteiger partial charge in [-0.1, -0.05) is 12.1 Å². The lowest BCUT2D eigenvalue weighted by atomic mass is 10.1. The van der Waals surface area contributed by atoms with E-state index in [1.165, 1.54) is 0 Å². The van der Waals surface area contributed by atoms with E-state index >= 15 is 0 Å². The highest BCUT2D eigenvalue weighted by molar-refractivity contribution is 6.03. The Balaban J connectivity index is 2.04. The molecule has 0 spiro atoms. The highest BCUT2D eigenvalue weighted by Crippen LogP contribution is 2.14. The van der Waals surface area contributed by atoms with Gasteiger partial charge in [0.2, 0.25) is 5.96 Å². The van der Waals surface area contributed by atoms with Gasteiger partial charge in [0, 0.05) is 31.0 Å². The van der Waals surface area contributed by atoms with Gasteiger partial charge in [0.15, 0.2) is 0 Å². The molecular weight excluding hydrogens is 356 g/mol. The van der Waals surface area contributed by atoms with Crippen molar-refractivity contribution in [2.24, 2.45) is 26.7 Å². The molecule has 9 nitrogen and oxygen atoms in total. The van der Waals surface area contributed by atoms with Crippen molar-refractivity contribution >= 4 is 34.9 Å². The third-order valence-corrected chi connectivity index (χ3v) is 3.73. The van der Waals surface area contributed by atoms with Crippen LogP contribution in [0.1, 0.15) is 18.1 Å². The predicted octanol–water partition coefficient (Wildman–Crippen LogP) is 1.92. The Morgan fingerprint density at radius 1 is 0.929 bits per heavy atom. The zero-order chi connectivity index (χ0) is 20.5. The summed E-state index contributed by atoms with van der Waals surface area (Å²) in [5, 5.41) is 16.1. The van der Waals surface area contributed by atoms with Crippen LogP contribution in [0.5, 0.6) is 0 Å². The zero-order valence-corrected chi connectivity index (χ0v) is 16.0.